The molecule has 46 valence electrons. The number of carbonyl (C=O) groups excluding carboxylic acids is 2. The Morgan fingerprint density at radius 2 is 2.22 bits per heavy atom. The second-order valence-corrected chi connectivity index (χ2v) is 1.18. The van der Waals surface area contributed by atoms with Crippen LogP contribution in [0.3, 0.4) is 0 Å². The van der Waals surface area contributed by atoms with Gasteiger partial charge in [-0.05, 0) is 6.92 Å². The van der Waals surface area contributed by atoms with Crippen LogP contribution in [0.5, 0.6) is 0 Å². The molecule has 0 aromatic rings. The molecule has 3 nitrogen and oxygen atoms in total. The number of rotatable bonds is 3. The third-order valence-corrected chi connectivity index (χ3v) is 0.555. The first-order valence-corrected chi connectivity index (χ1v) is 2.40. The van der Waals surface area contributed by atoms with Gasteiger partial charge in [-0.1, -0.05) is 0 Å². The summed E-state index contributed by atoms with van der Waals surface area (Å²) in [5, 5.41) is 0. The van der Waals surface area contributed by atoms with Gasteiger partial charge in [-0.15, -0.1) is 0 Å². The van der Waals surface area contributed by atoms with E-state index in [1.165, 1.54) is 0 Å². The van der Waals surface area contributed by atoms with Crippen molar-refractivity contribution in [2.45, 2.75) is 13.3 Å². The molecule has 0 heterocycles. The minimum Gasteiger partial charge on any atom is -0.466 e. The monoisotopic (exact) mass is 139 g/mol. The number of hydrogen-bond donors (Lipinski definition) is 0. The molecule has 0 aliphatic carbocycles. The van der Waals surface area contributed by atoms with Gasteiger partial charge < -0.3 is 9.53 Å². The summed E-state index contributed by atoms with van der Waals surface area (Å²) in [7, 11) is 0. The molecule has 0 N–H and O–H groups in total. The fourth-order valence-corrected chi connectivity index (χ4v) is 0.288. The maximum atomic E-state index is 10.2. The summed E-state index contributed by atoms with van der Waals surface area (Å²) >= 11 is 0. The van der Waals surface area contributed by atoms with Crippen LogP contribution in [0.1, 0.15) is 13.3 Å². The molecule has 0 aromatic heterocycles. The second-order valence-electron chi connectivity index (χ2n) is 1.18. The minimum absolute atomic E-state index is 0. The van der Waals surface area contributed by atoms with Gasteiger partial charge in [0.05, 0.1) is 6.61 Å². The van der Waals surface area contributed by atoms with Crippen LogP contribution in [0, 0.1) is 0 Å². The second kappa shape index (κ2) is 8.14. The Morgan fingerprint density at radius 3 is 2.56 bits per heavy atom. The first-order chi connectivity index (χ1) is 3.81. The Hall–Kier alpha value is 0.140. The average molecular weight is 139 g/mol. The Bertz CT molecular complexity index is 92.2. The van der Waals surface area contributed by atoms with E-state index in [0.717, 1.165) is 0 Å². The molecule has 0 spiro atoms. The summed E-state index contributed by atoms with van der Waals surface area (Å²) in [5.74, 6) is -0.456. The fraction of sp³-hybridized carbons (Fsp3) is 0.600. The van der Waals surface area contributed by atoms with Crippen molar-refractivity contribution in [2.24, 2.45) is 0 Å². The molecule has 0 amide bonds. The van der Waals surface area contributed by atoms with Crippen LogP contribution in [0.25, 0.3) is 0 Å². The van der Waals surface area contributed by atoms with Gasteiger partial charge in [0.25, 0.3) is 0 Å². The van der Waals surface area contributed by atoms with Gasteiger partial charge in [-0.3, -0.25) is 4.79 Å². The number of esters is 1. The van der Waals surface area contributed by atoms with Crippen molar-refractivity contribution in [1.82, 2.24) is 0 Å². The van der Waals surface area contributed by atoms with Crippen LogP contribution in [0.2, 0.25) is 0 Å². The van der Waals surface area contributed by atoms with E-state index < -0.39 is 5.97 Å². The Labute approximate surface area is 76.0 Å². The first-order valence-electron chi connectivity index (χ1n) is 2.40. The normalized spacial score (nSPS) is 7.22. The average Bonchev–Trinajstić information content (AvgIpc) is 1.68. The third kappa shape index (κ3) is 8.14. The molecule has 0 saturated heterocycles. The van der Waals surface area contributed by atoms with Crippen molar-refractivity contribution < 1.29 is 43.9 Å². The molecule has 0 bridgehead atoms. The molecule has 4 heteroatoms. The van der Waals surface area contributed by atoms with Gasteiger partial charge in [0.1, 0.15) is 12.7 Å². The molecular formula is C5H8NaO3+. The van der Waals surface area contributed by atoms with E-state index in [1.807, 2.05) is 0 Å². The van der Waals surface area contributed by atoms with Gasteiger partial charge >= 0.3 is 35.5 Å². The minimum atomic E-state index is -0.456. The molecule has 0 aliphatic heterocycles. The summed E-state index contributed by atoms with van der Waals surface area (Å²) in [6.07, 6.45) is 0.395. The molecule has 0 saturated carbocycles. The van der Waals surface area contributed by atoms with E-state index in [-0.39, 0.29) is 36.0 Å². The number of ether oxygens (including phenoxy) is 1. The number of carbonyl (C=O) groups is 2. The van der Waals surface area contributed by atoms with E-state index in [4.69, 9.17) is 0 Å². The van der Waals surface area contributed by atoms with Gasteiger partial charge in [0.15, 0.2) is 0 Å². The topological polar surface area (TPSA) is 43.4 Å². The summed E-state index contributed by atoms with van der Waals surface area (Å²) in [6, 6.07) is 0. The van der Waals surface area contributed by atoms with E-state index in [0.29, 0.717) is 12.9 Å². The van der Waals surface area contributed by atoms with E-state index >= 15 is 0 Å². The van der Waals surface area contributed by atoms with Crippen molar-refractivity contribution in [1.29, 1.82) is 0 Å². The third-order valence-electron chi connectivity index (χ3n) is 0.555. The Balaban J connectivity index is 0. The van der Waals surface area contributed by atoms with Crippen LogP contribution in [0.15, 0.2) is 0 Å². The maximum absolute atomic E-state index is 10.2. The van der Waals surface area contributed by atoms with E-state index in [1.54, 1.807) is 6.92 Å². The predicted octanol–water partition coefficient (Wildman–Crippen LogP) is -2.86. The largest absolute Gasteiger partial charge is 1.00 e. The smallest absolute Gasteiger partial charge is 0.466 e. The molecule has 0 rings (SSSR count). The van der Waals surface area contributed by atoms with E-state index in [9.17, 15) is 9.59 Å². The Morgan fingerprint density at radius 1 is 1.67 bits per heavy atom. The molecule has 0 radical (unpaired) electrons. The standard InChI is InChI=1S/C5H8O3.Na/c1-2-8-5(7)3-4-6;/h4H,2-3H2,1H3;/q;+1. The van der Waals surface area contributed by atoms with E-state index in [2.05, 4.69) is 4.74 Å². The molecular weight excluding hydrogens is 131 g/mol. The summed E-state index contributed by atoms with van der Waals surface area (Å²) in [4.78, 5) is 19.8. The zero-order chi connectivity index (χ0) is 6.41. The Kier molecular flexibility index (Phi) is 10.7. The summed E-state index contributed by atoms with van der Waals surface area (Å²) in [6.45, 7) is 2.04. The van der Waals surface area contributed by atoms with Gasteiger partial charge in [0, 0.05) is 0 Å². The zero-order valence-corrected chi connectivity index (χ0v) is 7.72. The van der Waals surface area contributed by atoms with Crippen LogP contribution < -0.4 is 29.6 Å². The van der Waals surface area contributed by atoms with Crippen molar-refractivity contribution in [3.63, 3.8) is 0 Å². The molecule has 0 unspecified atom stereocenters. The van der Waals surface area contributed by atoms with Gasteiger partial charge in [-0.25, -0.2) is 0 Å². The molecule has 0 aliphatic rings. The summed E-state index contributed by atoms with van der Waals surface area (Å²) < 4.78 is 4.41. The van der Waals surface area contributed by atoms with Crippen LogP contribution in [0.4, 0.5) is 0 Å². The maximum Gasteiger partial charge on any atom is 1.00 e. The van der Waals surface area contributed by atoms with Crippen molar-refractivity contribution in [2.75, 3.05) is 6.61 Å². The van der Waals surface area contributed by atoms with Crippen LogP contribution in [-0.4, -0.2) is 18.9 Å². The van der Waals surface area contributed by atoms with Crippen LogP contribution >= 0.6 is 0 Å². The summed E-state index contributed by atoms with van der Waals surface area (Å²) in [5.41, 5.74) is 0. The number of hydrogen-bond acceptors (Lipinski definition) is 3. The predicted molar refractivity (Wildman–Crippen MR) is 27.3 cm³/mol. The quantitative estimate of drug-likeness (QED) is 0.183. The fourth-order valence-electron chi connectivity index (χ4n) is 0.288. The number of aldehydes is 1. The van der Waals surface area contributed by atoms with Crippen molar-refractivity contribution in [3.05, 3.63) is 0 Å². The van der Waals surface area contributed by atoms with Gasteiger partial charge in [0.2, 0.25) is 0 Å². The SMILES string of the molecule is CCOC(=O)CC=O.[Na+]. The molecule has 0 atom stereocenters. The van der Waals surface area contributed by atoms with Crippen LogP contribution in [-0.2, 0) is 14.3 Å². The van der Waals surface area contributed by atoms with Crippen molar-refractivity contribution >= 4 is 12.3 Å². The van der Waals surface area contributed by atoms with Gasteiger partial charge in [-0.2, -0.15) is 0 Å². The first kappa shape index (κ1) is 11.9. The molecule has 9 heavy (non-hydrogen) atoms. The molecule has 0 aromatic carbocycles. The molecule has 0 fully saturated rings. The van der Waals surface area contributed by atoms with Crippen molar-refractivity contribution in [3.8, 4) is 0 Å². The zero-order valence-electron chi connectivity index (χ0n) is 5.72.